The monoisotopic (exact) mass is 246 g/mol. The molecular weight excluding hydrogens is 224 g/mol. The van der Waals surface area contributed by atoms with Crippen LogP contribution in [0.15, 0.2) is 12.2 Å². The van der Waals surface area contributed by atoms with E-state index in [1.54, 1.807) is 6.92 Å². The van der Waals surface area contributed by atoms with Gasteiger partial charge in [-0.05, 0) is 20.0 Å². The Bertz CT molecular complexity index is 266. The van der Waals surface area contributed by atoms with Gasteiger partial charge in [-0.2, -0.15) is 0 Å². The summed E-state index contributed by atoms with van der Waals surface area (Å²) in [6.07, 6.45) is -0.379. The number of carboxylic acid groups (broad SMARTS) is 1. The smallest absolute Gasteiger partial charge is 0.333 e. The van der Waals surface area contributed by atoms with Crippen molar-refractivity contribution in [3.8, 4) is 0 Å². The maximum atomic E-state index is 10.7. The number of carboxylic acids is 1. The molecule has 0 fully saturated rings. The van der Waals surface area contributed by atoms with Crippen LogP contribution in [0.4, 0.5) is 0 Å². The van der Waals surface area contributed by atoms with E-state index in [0.29, 0.717) is 0 Å². The first-order chi connectivity index (χ1) is 6.49. The summed E-state index contributed by atoms with van der Waals surface area (Å²) in [6, 6.07) is 0. The third kappa shape index (κ3) is 3.92. The predicted molar refractivity (Wildman–Crippen MR) is 68.2 cm³/mol. The zero-order valence-electron chi connectivity index (χ0n) is 10.5. The summed E-state index contributed by atoms with van der Waals surface area (Å²) in [6.45, 7) is 16.4. The van der Waals surface area contributed by atoms with Crippen LogP contribution in [-0.4, -0.2) is 32.6 Å². The maximum absolute atomic E-state index is 10.7. The molecule has 3 nitrogen and oxygen atoms in total. The molecule has 1 unspecified atom stereocenters. The highest BCUT2D eigenvalue weighted by Crippen LogP contribution is 2.23. The van der Waals surface area contributed by atoms with Crippen LogP contribution in [0.3, 0.4) is 0 Å². The lowest BCUT2D eigenvalue weighted by Gasteiger charge is -2.37. The van der Waals surface area contributed by atoms with E-state index in [9.17, 15) is 4.79 Å². The summed E-state index contributed by atoms with van der Waals surface area (Å²) in [5.74, 6) is -0.970. The molecule has 0 aromatic carbocycles. The van der Waals surface area contributed by atoms with Crippen LogP contribution in [0.2, 0.25) is 32.7 Å². The van der Waals surface area contributed by atoms with E-state index < -0.39 is 21.4 Å². The van der Waals surface area contributed by atoms with E-state index in [-0.39, 0.29) is 11.7 Å². The average Bonchev–Trinajstić information content (AvgIpc) is 1.99. The van der Waals surface area contributed by atoms with Gasteiger partial charge in [0.1, 0.15) is 0 Å². The van der Waals surface area contributed by atoms with Gasteiger partial charge in [-0.3, -0.25) is 0 Å². The Kier molecular flexibility index (Phi) is 4.51. The summed E-state index contributed by atoms with van der Waals surface area (Å²) < 4.78 is 5.95. The van der Waals surface area contributed by atoms with E-state index in [2.05, 4.69) is 39.3 Å². The Morgan fingerprint density at radius 2 is 1.67 bits per heavy atom. The van der Waals surface area contributed by atoms with Gasteiger partial charge in [0.15, 0.2) is 7.83 Å². The first-order valence-corrected chi connectivity index (χ1v) is 12.5. The molecule has 0 heterocycles. The lowest BCUT2D eigenvalue weighted by molar-refractivity contribution is -0.133. The second kappa shape index (κ2) is 4.63. The Hall–Kier alpha value is -0.396. The largest absolute Gasteiger partial charge is 0.478 e. The Balaban J connectivity index is 4.61. The second-order valence-corrected chi connectivity index (χ2v) is 21.2. The minimum absolute atomic E-state index is 0.147. The van der Waals surface area contributed by atoms with Gasteiger partial charge in [0.2, 0.25) is 0 Å². The van der Waals surface area contributed by atoms with E-state index in [1.165, 1.54) is 0 Å². The van der Waals surface area contributed by atoms with Gasteiger partial charge in [0.05, 0.1) is 19.3 Å². The summed E-state index contributed by atoms with van der Waals surface area (Å²) in [4.78, 5) is 10.7. The lowest BCUT2D eigenvalue weighted by atomic mass is 10.2. The molecule has 0 aliphatic rings. The van der Waals surface area contributed by atoms with Crippen molar-refractivity contribution in [3.63, 3.8) is 0 Å². The highest BCUT2D eigenvalue weighted by atomic mass is 29.3. The minimum Gasteiger partial charge on any atom is -0.478 e. The van der Waals surface area contributed by atoms with Gasteiger partial charge in [0, 0.05) is 0 Å². The fourth-order valence-electron chi connectivity index (χ4n) is 0.864. The summed E-state index contributed by atoms with van der Waals surface area (Å²) in [7, 11) is -3.11. The molecule has 0 aromatic rings. The van der Waals surface area contributed by atoms with Crippen LogP contribution in [0, 0.1) is 0 Å². The Morgan fingerprint density at radius 3 is 1.93 bits per heavy atom. The maximum Gasteiger partial charge on any atom is 0.333 e. The highest BCUT2D eigenvalue weighted by Gasteiger charge is 2.40. The van der Waals surface area contributed by atoms with Gasteiger partial charge in [-0.15, -0.1) is 0 Å². The van der Waals surface area contributed by atoms with Crippen molar-refractivity contribution < 1.29 is 14.3 Å². The van der Waals surface area contributed by atoms with E-state index in [4.69, 9.17) is 9.53 Å². The molecular formula is C10H22O3Si2. The number of rotatable bonds is 5. The van der Waals surface area contributed by atoms with Crippen LogP contribution >= 0.6 is 0 Å². The van der Waals surface area contributed by atoms with Crippen molar-refractivity contribution >= 4 is 21.4 Å². The van der Waals surface area contributed by atoms with E-state index >= 15 is 0 Å². The van der Waals surface area contributed by atoms with Crippen molar-refractivity contribution in [2.24, 2.45) is 0 Å². The van der Waals surface area contributed by atoms with Gasteiger partial charge in [-0.25, -0.2) is 4.79 Å². The first-order valence-electron chi connectivity index (χ1n) is 5.09. The zero-order chi connectivity index (χ0) is 12.4. The third-order valence-corrected chi connectivity index (χ3v) is 18.8. The van der Waals surface area contributed by atoms with Crippen molar-refractivity contribution in [1.82, 2.24) is 0 Å². The normalized spacial score (nSPS) is 14.8. The molecule has 0 rings (SSSR count). The molecule has 1 N–H and O–H groups in total. The van der Waals surface area contributed by atoms with Gasteiger partial charge in [-0.1, -0.05) is 26.2 Å². The SMILES string of the molecule is C=C(C(=O)O)C(C)O[Si](C)(C)[Si](C)(C)C. The predicted octanol–water partition coefficient (Wildman–Crippen LogP) is 2.65. The van der Waals surface area contributed by atoms with Crippen molar-refractivity contribution in [3.05, 3.63) is 12.2 Å². The lowest BCUT2D eigenvalue weighted by Crippen LogP contribution is -2.56. The molecule has 0 bridgehead atoms. The molecule has 0 spiro atoms. The van der Waals surface area contributed by atoms with Crippen molar-refractivity contribution in [2.45, 2.75) is 45.8 Å². The molecule has 15 heavy (non-hydrogen) atoms. The van der Waals surface area contributed by atoms with Crippen LogP contribution < -0.4 is 0 Å². The molecule has 0 aromatic heterocycles. The number of hydrogen-bond acceptors (Lipinski definition) is 2. The molecule has 0 saturated heterocycles. The standard InChI is InChI=1S/C10H22O3Si2/c1-8(10(11)12)9(2)13-15(6,7)14(3,4)5/h9H,1H2,2-7H3,(H,11,12). The zero-order valence-corrected chi connectivity index (χ0v) is 12.5. The molecule has 88 valence electrons. The summed E-state index contributed by atoms with van der Waals surface area (Å²) >= 11 is 0. The van der Waals surface area contributed by atoms with Crippen molar-refractivity contribution in [1.29, 1.82) is 0 Å². The fourth-order valence-corrected chi connectivity index (χ4v) is 3.83. The molecule has 1 atom stereocenters. The molecule has 0 aliphatic carbocycles. The molecule has 0 aliphatic heterocycles. The van der Waals surface area contributed by atoms with Crippen LogP contribution in [-0.2, 0) is 9.22 Å². The second-order valence-electron chi connectivity index (χ2n) is 5.35. The van der Waals surface area contributed by atoms with Crippen LogP contribution in [0.5, 0.6) is 0 Å². The third-order valence-electron chi connectivity index (χ3n) is 3.04. The van der Waals surface area contributed by atoms with Crippen LogP contribution in [0.25, 0.3) is 0 Å². The van der Waals surface area contributed by atoms with Gasteiger partial charge in [0.25, 0.3) is 0 Å². The van der Waals surface area contributed by atoms with Gasteiger partial charge < -0.3 is 9.53 Å². The van der Waals surface area contributed by atoms with Gasteiger partial charge >= 0.3 is 5.97 Å². The minimum atomic E-state index is -1.76. The average molecular weight is 246 g/mol. The number of hydrogen-bond donors (Lipinski definition) is 1. The Morgan fingerprint density at radius 1 is 1.27 bits per heavy atom. The molecule has 0 amide bonds. The summed E-state index contributed by atoms with van der Waals surface area (Å²) in [5, 5.41) is 8.80. The quantitative estimate of drug-likeness (QED) is 0.599. The first kappa shape index (κ1) is 14.6. The highest BCUT2D eigenvalue weighted by molar-refractivity contribution is 7.37. The Labute approximate surface area is 94.1 Å². The molecule has 5 heteroatoms. The van der Waals surface area contributed by atoms with Crippen molar-refractivity contribution in [2.75, 3.05) is 0 Å². The molecule has 0 saturated carbocycles. The van der Waals surface area contributed by atoms with E-state index in [1.807, 2.05) is 0 Å². The van der Waals surface area contributed by atoms with E-state index in [0.717, 1.165) is 0 Å². The molecule has 0 radical (unpaired) electrons. The van der Waals surface area contributed by atoms with Crippen LogP contribution in [0.1, 0.15) is 6.92 Å². The summed E-state index contributed by atoms with van der Waals surface area (Å²) in [5.41, 5.74) is 0.147. The fraction of sp³-hybridized carbons (Fsp3) is 0.700. The number of carbonyl (C=O) groups is 1. The number of aliphatic carboxylic acids is 1. The topological polar surface area (TPSA) is 46.5 Å².